The first kappa shape index (κ1) is 7.92. The van der Waals surface area contributed by atoms with Crippen molar-refractivity contribution in [3.05, 3.63) is 29.3 Å². The number of hydrogen-bond donors (Lipinski definition) is 1. The van der Waals surface area contributed by atoms with Gasteiger partial charge in [0.05, 0.1) is 5.69 Å². The lowest BCUT2D eigenvalue weighted by Gasteiger charge is -2.34. The van der Waals surface area contributed by atoms with Crippen molar-refractivity contribution < 1.29 is 5.11 Å². The summed E-state index contributed by atoms with van der Waals surface area (Å²) in [5, 5.41) is 9.77. The monoisotopic (exact) mass is 187 g/mol. The fourth-order valence-electron chi connectivity index (χ4n) is 2.45. The average molecular weight is 187 g/mol. The molecule has 72 valence electrons. The molecule has 3 rings (SSSR count). The van der Waals surface area contributed by atoms with E-state index in [0.29, 0.717) is 5.75 Å². The zero-order valence-electron chi connectivity index (χ0n) is 8.03. The largest absolute Gasteiger partial charge is 0.508 e. The highest BCUT2D eigenvalue weighted by molar-refractivity contribution is 5.77. The van der Waals surface area contributed by atoms with E-state index in [2.05, 4.69) is 17.1 Å². The lowest BCUT2D eigenvalue weighted by atomic mass is 9.94. The minimum absolute atomic E-state index is 0.462. The van der Waals surface area contributed by atoms with Crippen LogP contribution < -0.4 is 4.90 Å². The van der Waals surface area contributed by atoms with E-state index in [9.17, 15) is 5.11 Å². The van der Waals surface area contributed by atoms with Crippen LogP contribution in [0, 0.1) is 0 Å². The molecule has 0 saturated heterocycles. The number of rotatable bonds is 0. The van der Waals surface area contributed by atoms with Gasteiger partial charge in [0.2, 0.25) is 0 Å². The lowest BCUT2D eigenvalue weighted by molar-refractivity contribution is 0.464. The topological polar surface area (TPSA) is 23.5 Å². The third-order valence-electron chi connectivity index (χ3n) is 3.08. The van der Waals surface area contributed by atoms with E-state index >= 15 is 0 Å². The first-order chi connectivity index (χ1) is 6.86. The van der Waals surface area contributed by atoms with Crippen LogP contribution in [0.15, 0.2) is 18.2 Å². The Morgan fingerprint density at radius 2 is 2.21 bits per heavy atom. The molecule has 2 heteroatoms. The average Bonchev–Trinajstić information content (AvgIpc) is 2.24. The van der Waals surface area contributed by atoms with Gasteiger partial charge < -0.3 is 10.0 Å². The zero-order valence-corrected chi connectivity index (χ0v) is 8.03. The molecule has 0 unspecified atom stereocenters. The Morgan fingerprint density at radius 3 is 3.14 bits per heavy atom. The Morgan fingerprint density at radius 1 is 1.29 bits per heavy atom. The summed E-state index contributed by atoms with van der Waals surface area (Å²) < 4.78 is 0. The Hall–Kier alpha value is -1.44. The first-order valence-electron chi connectivity index (χ1n) is 5.12. The highest BCUT2D eigenvalue weighted by Gasteiger charge is 2.22. The number of benzene rings is 1. The Bertz CT molecular complexity index is 409. The van der Waals surface area contributed by atoms with Crippen LogP contribution in [0.2, 0.25) is 0 Å². The van der Waals surface area contributed by atoms with Gasteiger partial charge in [-0.05, 0) is 30.5 Å². The number of hydrogen-bond acceptors (Lipinski definition) is 2. The minimum Gasteiger partial charge on any atom is -0.508 e. The summed E-state index contributed by atoms with van der Waals surface area (Å²) in [5.41, 5.74) is 3.65. The molecule has 2 nitrogen and oxygen atoms in total. The van der Waals surface area contributed by atoms with Gasteiger partial charge in [-0.3, -0.25) is 0 Å². The fourth-order valence-corrected chi connectivity index (χ4v) is 2.45. The van der Waals surface area contributed by atoms with Crippen molar-refractivity contribution in [2.75, 3.05) is 18.0 Å². The van der Waals surface area contributed by atoms with E-state index in [4.69, 9.17) is 0 Å². The second-order valence-electron chi connectivity index (χ2n) is 3.95. The van der Waals surface area contributed by atoms with Gasteiger partial charge in [0.15, 0.2) is 0 Å². The molecular formula is C12H13NO. The third-order valence-corrected chi connectivity index (χ3v) is 3.08. The molecule has 0 radical (unpaired) electrons. The second-order valence-corrected chi connectivity index (χ2v) is 3.95. The quantitative estimate of drug-likeness (QED) is 0.673. The summed E-state index contributed by atoms with van der Waals surface area (Å²) >= 11 is 0. The zero-order chi connectivity index (χ0) is 9.54. The van der Waals surface area contributed by atoms with Crippen molar-refractivity contribution in [3.8, 4) is 5.75 Å². The third kappa shape index (κ3) is 0.969. The fraction of sp³-hybridized carbons (Fsp3) is 0.333. The highest BCUT2D eigenvalue weighted by Crippen LogP contribution is 2.38. The number of phenols is 1. The molecule has 0 aromatic heterocycles. The van der Waals surface area contributed by atoms with Crippen LogP contribution in [-0.2, 0) is 6.42 Å². The van der Waals surface area contributed by atoms with Crippen LogP contribution in [0.25, 0.3) is 6.08 Å². The SMILES string of the molecule is Oc1ccc2c3c1CCCN3CC=C2. The van der Waals surface area contributed by atoms with Crippen molar-refractivity contribution in [2.45, 2.75) is 12.8 Å². The number of anilines is 1. The van der Waals surface area contributed by atoms with Gasteiger partial charge in [0.25, 0.3) is 0 Å². The maximum absolute atomic E-state index is 9.77. The van der Waals surface area contributed by atoms with Gasteiger partial charge in [0, 0.05) is 18.7 Å². The van der Waals surface area contributed by atoms with Gasteiger partial charge in [-0.25, -0.2) is 0 Å². The molecule has 0 fully saturated rings. The summed E-state index contributed by atoms with van der Waals surface area (Å²) in [4.78, 5) is 2.36. The standard InChI is InChI=1S/C12H13NO/c14-11-6-5-9-3-1-7-13-8-2-4-10(11)12(9)13/h1,3,5-6,14H,2,4,7-8H2. The van der Waals surface area contributed by atoms with Gasteiger partial charge >= 0.3 is 0 Å². The highest BCUT2D eigenvalue weighted by atomic mass is 16.3. The molecule has 1 N–H and O–H groups in total. The molecule has 0 amide bonds. The molecule has 2 aliphatic rings. The smallest absolute Gasteiger partial charge is 0.120 e. The van der Waals surface area contributed by atoms with Gasteiger partial charge in [-0.15, -0.1) is 0 Å². The Labute approximate surface area is 83.5 Å². The van der Waals surface area contributed by atoms with Gasteiger partial charge in [-0.2, -0.15) is 0 Å². The first-order valence-corrected chi connectivity index (χ1v) is 5.12. The molecule has 0 saturated carbocycles. The van der Waals surface area contributed by atoms with Crippen molar-refractivity contribution in [1.29, 1.82) is 0 Å². The van der Waals surface area contributed by atoms with Crippen LogP contribution >= 0.6 is 0 Å². The predicted octanol–water partition coefficient (Wildman–Crippen LogP) is 2.17. The van der Waals surface area contributed by atoms with Crippen LogP contribution in [0.4, 0.5) is 5.69 Å². The number of nitrogens with zero attached hydrogens (tertiary/aromatic N) is 1. The molecule has 0 atom stereocenters. The van der Waals surface area contributed by atoms with E-state index in [1.807, 2.05) is 12.1 Å². The summed E-state index contributed by atoms with van der Waals surface area (Å²) in [5.74, 6) is 0.462. The van der Waals surface area contributed by atoms with Crippen molar-refractivity contribution in [2.24, 2.45) is 0 Å². The molecule has 0 spiro atoms. The normalized spacial score (nSPS) is 18.1. The summed E-state index contributed by atoms with van der Waals surface area (Å²) in [6, 6.07) is 3.81. The van der Waals surface area contributed by atoms with Crippen molar-refractivity contribution in [1.82, 2.24) is 0 Å². The number of phenolic OH excluding ortho intramolecular Hbond substituents is 1. The summed E-state index contributed by atoms with van der Waals surface area (Å²) in [6.07, 6.45) is 6.51. The molecule has 0 aliphatic carbocycles. The van der Waals surface area contributed by atoms with Crippen LogP contribution in [0.3, 0.4) is 0 Å². The van der Waals surface area contributed by atoms with Crippen molar-refractivity contribution in [3.63, 3.8) is 0 Å². The molecular weight excluding hydrogens is 174 g/mol. The van der Waals surface area contributed by atoms with E-state index < -0.39 is 0 Å². The Balaban J connectivity index is 2.28. The Kier molecular flexibility index (Phi) is 1.57. The maximum Gasteiger partial charge on any atom is 0.120 e. The molecule has 0 bridgehead atoms. The molecule has 1 aromatic rings. The van der Waals surface area contributed by atoms with Crippen LogP contribution in [0.5, 0.6) is 5.75 Å². The van der Waals surface area contributed by atoms with Crippen LogP contribution in [0.1, 0.15) is 17.5 Å². The molecule has 2 aliphatic heterocycles. The van der Waals surface area contributed by atoms with E-state index in [-0.39, 0.29) is 0 Å². The van der Waals surface area contributed by atoms with E-state index in [1.54, 1.807) is 0 Å². The molecule has 2 heterocycles. The lowest BCUT2D eigenvalue weighted by Crippen LogP contribution is -2.31. The summed E-state index contributed by atoms with van der Waals surface area (Å²) in [6.45, 7) is 2.11. The summed E-state index contributed by atoms with van der Waals surface area (Å²) in [7, 11) is 0. The maximum atomic E-state index is 9.77. The van der Waals surface area contributed by atoms with Gasteiger partial charge in [0.1, 0.15) is 5.75 Å². The number of aromatic hydroxyl groups is 1. The minimum atomic E-state index is 0.462. The van der Waals surface area contributed by atoms with Crippen LogP contribution in [-0.4, -0.2) is 18.2 Å². The van der Waals surface area contributed by atoms with Crippen molar-refractivity contribution >= 4 is 11.8 Å². The van der Waals surface area contributed by atoms with E-state index in [0.717, 1.165) is 31.5 Å². The van der Waals surface area contributed by atoms with E-state index in [1.165, 1.54) is 11.3 Å². The molecule has 1 aromatic carbocycles. The second kappa shape index (κ2) is 2.77. The predicted molar refractivity (Wildman–Crippen MR) is 57.7 cm³/mol. The molecule has 14 heavy (non-hydrogen) atoms. The van der Waals surface area contributed by atoms with Gasteiger partial charge in [-0.1, -0.05) is 12.2 Å².